The molecule has 8 heteroatoms. The molecule has 3 rings (SSSR count). The van der Waals surface area contributed by atoms with Gasteiger partial charge in [-0.3, -0.25) is 9.59 Å². The molecule has 1 fully saturated rings. The minimum Gasteiger partial charge on any atom is -0.479 e. The number of rotatable bonds is 5. The van der Waals surface area contributed by atoms with E-state index in [9.17, 15) is 23.9 Å². The van der Waals surface area contributed by atoms with Gasteiger partial charge in [-0.25, -0.2) is 9.18 Å². The van der Waals surface area contributed by atoms with Gasteiger partial charge in [0.15, 0.2) is 0 Å². The van der Waals surface area contributed by atoms with Crippen LogP contribution in [-0.4, -0.2) is 41.1 Å². The van der Waals surface area contributed by atoms with Crippen molar-refractivity contribution < 1.29 is 28.6 Å². The van der Waals surface area contributed by atoms with Crippen LogP contribution in [0, 0.1) is 11.2 Å². The molecule has 1 aromatic rings. The highest BCUT2D eigenvalue weighted by atomic mass is 19.1. The van der Waals surface area contributed by atoms with Crippen molar-refractivity contribution in [1.82, 2.24) is 5.32 Å². The number of hydrogen-bond acceptors (Lipinski definition) is 4. The SMILES string of the molecule is CCOC1CC(NC(=O)C2CC(=O)Nc3cc(F)ccc32)(C(=O)O)C1(C)C. The Balaban J connectivity index is 1.88. The third-order valence-electron chi connectivity index (χ3n) is 5.84. The second kappa shape index (κ2) is 6.60. The largest absolute Gasteiger partial charge is 0.479 e. The molecule has 0 aromatic heterocycles. The predicted octanol–water partition coefficient (Wildman–Crippen LogP) is 2.03. The number of hydrogen-bond donors (Lipinski definition) is 3. The van der Waals surface area contributed by atoms with Gasteiger partial charge in [-0.05, 0) is 24.6 Å². The summed E-state index contributed by atoms with van der Waals surface area (Å²) >= 11 is 0. The van der Waals surface area contributed by atoms with Crippen molar-refractivity contribution in [3.05, 3.63) is 29.6 Å². The first kappa shape index (κ1) is 19.3. The number of anilines is 1. The summed E-state index contributed by atoms with van der Waals surface area (Å²) in [5.41, 5.74) is -1.62. The summed E-state index contributed by atoms with van der Waals surface area (Å²) in [5.74, 6) is -3.54. The normalized spacial score (nSPS) is 28.5. The van der Waals surface area contributed by atoms with E-state index in [1.807, 2.05) is 6.92 Å². The second-order valence-electron chi connectivity index (χ2n) is 7.61. The number of carboxylic acids is 1. The van der Waals surface area contributed by atoms with Crippen LogP contribution in [0.4, 0.5) is 10.1 Å². The van der Waals surface area contributed by atoms with Crippen molar-refractivity contribution in [3.63, 3.8) is 0 Å². The van der Waals surface area contributed by atoms with Gasteiger partial charge in [0.25, 0.3) is 0 Å². The third-order valence-corrected chi connectivity index (χ3v) is 5.84. The number of fused-ring (bicyclic) bond motifs is 1. The van der Waals surface area contributed by atoms with Gasteiger partial charge in [0, 0.05) is 30.6 Å². The Hall–Kier alpha value is -2.48. The lowest BCUT2D eigenvalue weighted by molar-refractivity contribution is -0.194. The van der Waals surface area contributed by atoms with Gasteiger partial charge >= 0.3 is 5.97 Å². The van der Waals surface area contributed by atoms with Crippen molar-refractivity contribution in [3.8, 4) is 0 Å². The van der Waals surface area contributed by atoms with Crippen LogP contribution in [0.1, 0.15) is 45.1 Å². The molecule has 0 saturated heterocycles. The van der Waals surface area contributed by atoms with Crippen LogP contribution in [0.5, 0.6) is 0 Å². The second-order valence-corrected chi connectivity index (χ2v) is 7.61. The summed E-state index contributed by atoms with van der Waals surface area (Å²) in [4.78, 5) is 37.0. The quantitative estimate of drug-likeness (QED) is 0.727. The number of nitrogens with one attached hydrogen (secondary N) is 2. The van der Waals surface area contributed by atoms with Gasteiger partial charge < -0.3 is 20.5 Å². The zero-order chi connectivity index (χ0) is 20.0. The van der Waals surface area contributed by atoms with Crippen LogP contribution in [0.3, 0.4) is 0 Å². The van der Waals surface area contributed by atoms with E-state index in [0.717, 1.165) is 6.07 Å². The average Bonchev–Trinajstić information content (AvgIpc) is 2.58. The molecule has 0 spiro atoms. The maximum atomic E-state index is 13.5. The highest BCUT2D eigenvalue weighted by Crippen LogP contribution is 2.52. The van der Waals surface area contributed by atoms with E-state index in [4.69, 9.17) is 4.74 Å². The van der Waals surface area contributed by atoms with Gasteiger partial charge in [-0.2, -0.15) is 0 Å². The molecule has 0 bridgehead atoms. The number of carboxylic acid groups (broad SMARTS) is 1. The lowest BCUT2D eigenvalue weighted by Gasteiger charge is -2.58. The van der Waals surface area contributed by atoms with Crippen LogP contribution in [-0.2, 0) is 19.1 Å². The van der Waals surface area contributed by atoms with E-state index >= 15 is 0 Å². The fraction of sp³-hybridized carbons (Fsp3) is 0.526. The van der Waals surface area contributed by atoms with E-state index in [0.29, 0.717) is 12.2 Å². The van der Waals surface area contributed by atoms with Gasteiger partial charge in [0.2, 0.25) is 11.8 Å². The fourth-order valence-electron chi connectivity index (χ4n) is 4.01. The summed E-state index contributed by atoms with van der Waals surface area (Å²) in [6, 6.07) is 3.80. The van der Waals surface area contributed by atoms with Crippen LogP contribution in [0.15, 0.2) is 18.2 Å². The maximum Gasteiger partial charge on any atom is 0.330 e. The van der Waals surface area contributed by atoms with Crippen LogP contribution in [0.25, 0.3) is 0 Å². The zero-order valence-corrected chi connectivity index (χ0v) is 15.5. The Morgan fingerprint density at radius 1 is 1.41 bits per heavy atom. The van der Waals surface area contributed by atoms with Gasteiger partial charge in [-0.1, -0.05) is 19.9 Å². The van der Waals surface area contributed by atoms with Crippen molar-refractivity contribution in [2.75, 3.05) is 11.9 Å². The lowest BCUT2D eigenvalue weighted by atomic mass is 9.54. The number of carbonyl (C=O) groups excluding carboxylic acids is 2. The molecule has 1 aromatic carbocycles. The molecule has 3 N–H and O–H groups in total. The Labute approximate surface area is 156 Å². The summed E-state index contributed by atoms with van der Waals surface area (Å²) in [5, 5.41) is 15.0. The first-order chi connectivity index (χ1) is 12.6. The first-order valence-electron chi connectivity index (χ1n) is 8.88. The van der Waals surface area contributed by atoms with Gasteiger partial charge in [-0.15, -0.1) is 0 Å². The average molecular weight is 378 g/mol. The van der Waals surface area contributed by atoms with E-state index < -0.39 is 40.5 Å². The summed E-state index contributed by atoms with van der Waals surface area (Å²) in [7, 11) is 0. The van der Waals surface area contributed by atoms with E-state index in [2.05, 4.69) is 10.6 Å². The Morgan fingerprint density at radius 3 is 2.70 bits per heavy atom. The van der Waals surface area contributed by atoms with Crippen molar-refractivity contribution in [1.29, 1.82) is 0 Å². The van der Waals surface area contributed by atoms with E-state index in [1.54, 1.807) is 13.8 Å². The Morgan fingerprint density at radius 2 is 2.11 bits per heavy atom. The summed E-state index contributed by atoms with van der Waals surface area (Å²) < 4.78 is 19.1. The molecule has 146 valence electrons. The third kappa shape index (κ3) is 2.97. The smallest absolute Gasteiger partial charge is 0.330 e. The number of benzene rings is 1. The van der Waals surface area contributed by atoms with Crippen LogP contribution >= 0.6 is 0 Å². The summed E-state index contributed by atoms with van der Waals surface area (Å²) in [6.45, 7) is 5.75. The summed E-state index contributed by atoms with van der Waals surface area (Å²) in [6.07, 6.45) is -0.283. The van der Waals surface area contributed by atoms with E-state index in [1.165, 1.54) is 12.1 Å². The molecule has 0 radical (unpaired) electrons. The first-order valence-corrected chi connectivity index (χ1v) is 8.88. The van der Waals surface area contributed by atoms with Crippen LogP contribution < -0.4 is 10.6 Å². The molecule has 1 heterocycles. The molecular formula is C19H23FN2O5. The van der Waals surface area contributed by atoms with Crippen LogP contribution in [0.2, 0.25) is 0 Å². The van der Waals surface area contributed by atoms with Gasteiger partial charge in [0.05, 0.1) is 12.0 Å². The molecule has 2 aliphatic rings. The molecule has 7 nitrogen and oxygen atoms in total. The number of amides is 2. The topological polar surface area (TPSA) is 105 Å². The number of ether oxygens (including phenoxy) is 1. The minimum atomic E-state index is -1.49. The lowest BCUT2D eigenvalue weighted by Crippen LogP contribution is -2.76. The standard InChI is InChI=1S/C19H23FN2O5/c1-4-27-14-9-19(17(25)26,18(14,2)3)22-16(24)12-8-15(23)21-13-7-10(20)5-6-11(12)13/h5-7,12,14H,4,8-9H2,1-3H3,(H,21,23)(H,22,24)(H,25,26). The molecule has 3 unspecified atom stereocenters. The molecule has 3 atom stereocenters. The Kier molecular flexibility index (Phi) is 4.71. The maximum absolute atomic E-state index is 13.5. The van der Waals surface area contributed by atoms with Crippen molar-refractivity contribution in [2.24, 2.45) is 5.41 Å². The molecule has 1 aliphatic carbocycles. The van der Waals surface area contributed by atoms with Crippen molar-refractivity contribution >= 4 is 23.5 Å². The van der Waals surface area contributed by atoms with E-state index in [-0.39, 0.29) is 24.6 Å². The highest BCUT2D eigenvalue weighted by molar-refractivity contribution is 6.02. The minimum absolute atomic E-state index is 0.129. The zero-order valence-electron chi connectivity index (χ0n) is 15.5. The number of halogens is 1. The fourth-order valence-corrected chi connectivity index (χ4v) is 4.01. The Bertz CT molecular complexity index is 809. The monoisotopic (exact) mass is 378 g/mol. The molecule has 27 heavy (non-hydrogen) atoms. The molecular weight excluding hydrogens is 355 g/mol. The highest BCUT2D eigenvalue weighted by Gasteiger charge is 2.66. The predicted molar refractivity (Wildman–Crippen MR) is 94.7 cm³/mol. The number of carbonyl (C=O) groups is 3. The van der Waals surface area contributed by atoms with Gasteiger partial charge in [0.1, 0.15) is 11.4 Å². The molecule has 1 aliphatic heterocycles. The van der Waals surface area contributed by atoms with Crippen molar-refractivity contribution in [2.45, 2.75) is 51.2 Å². The molecule has 2 amide bonds. The molecule has 1 saturated carbocycles. The number of aliphatic carboxylic acids is 1.